The Bertz CT molecular complexity index is 279. The van der Waals surface area contributed by atoms with Gasteiger partial charge >= 0.3 is 0 Å². The summed E-state index contributed by atoms with van der Waals surface area (Å²) >= 11 is 0. The van der Waals surface area contributed by atoms with Crippen LogP contribution < -0.4 is 0 Å². The highest BCUT2D eigenvalue weighted by molar-refractivity contribution is 5.16. The predicted molar refractivity (Wildman–Crippen MR) is 47.7 cm³/mol. The molecule has 13 heavy (non-hydrogen) atoms. The van der Waals surface area contributed by atoms with Gasteiger partial charge in [-0.3, -0.25) is 4.90 Å². The molecule has 1 fully saturated rings. The lowest BCUT2D eigenvalue weighted by Gasteiger charge is -2.35. The van der Waals surface area contributed by atoms with Crippen LogP contribution in [0.2, 0.25) is 0 Å². The smallest absolute Gasteiger partial charge is 0.123 e. The molecule has 0 spiro atoms. The molecule has 0 atom stereocenters. The fourth-order valence-corrected chi connectivity index (χ4v) is 1.52. The van der Waals surface area contributed by atoms with E-state index in [2.05, 4.69) is 4.90 Å². The van der Waals surface area contributed by atoms with E-state index >= 15 is 0 Å². The first kappa shape index (κ1) is 8.66. The fraction of sp³-hybridized carbons (Fsp3) is 0.400. The van der Waals surface area contributed by atoms with Crippen molar-refractivity contribution < 1.29 is 9.50 Å². The summed E-state index contributed by atoms with van der Waals surface area (Å²) in [5.74, 6) is -0.201. The van der Waals surface area contributed by atoms with E-state index in [1.54, 1.807) is 12.1 Å². The van der Waals surface area contributed by atoms with Crippen molar-refractivity contribution >= 4 is 0 Å². The highest BCUT2D eigenvalue weighted by atomic mass is 19.1. The van der Waals surface area contributed by atoms with Gasteiger partial charge in [-0.05, 0) is 17.7 Å². The number of rotatable bonds is 2. The average Bonchev–Trinajstić information content (AvgIpc) is 2.06. The monoisotopic (exact) mass is 181 g/mol. The molecule has 2 nitrogen and oxygen atoms in total. The maximum atomic E-state index is 12.5. The molecule has 0 saturated carbocycles. The number of aliphatic hydroxyl groups is 1. The minimum atomic E-state index is -0.201. The number of nitrogens with zero attached hydrogens (tertiary/aromatic N) is 1. The summed E-state index contributed by atoms with van der Waals surface area (Å²) < 4.78 is 12.5. The van der Waals surface area contributed by atoms with Crippen LogP contribution in [0.1, 0.15) is 5.56 Å². The molecule has 1 aromatic carbocycles. The lowest BCUT2D eigenvalue weighted by molar-refractivity contribution is -0.00287. The van der Waals surface area contributed by atoms with Crippen LogP contribution >= 0.6 is 0 Å². The van der Waals surface area contributed by atoms with Gasteiger partial charge in [0.05, 0.1) is 6.10 Å². The zero-order chi connectivity index (χ0) is 9.26. The fourth-order valence-electron chi connectivity index (χ4n) is 1.52. The van der Waals surface area contributed by atoms with E-state index in [9.17, 15) is 4.39 Å². The minimum Gasteiger partial charge on any atom is -0.390 e. The second kappa shape index (κ2) is 3.44. The number of halogens is 1. The molecule has 0 radical (unpaired) electrons. The quantitative estimate of drug-likeness (QED) is 0.735. The molecular weight excluding hydrogens is 169 g/mol. The van der Waals surface area contributed by atoms with Gasteiger partial charge in [0.25, 0.3) is 0 Å². The van der Waals surface area contributed by atoms with Crippen molar-refractivity contribution in [3.63, 3.8) is 0 Å². The Morgan fingerprint density at radius 3 is 2.46 bits per heavy atom. The Morgan fingerprint density at radius 1 is 1.31 bits per heavy atom. The normalized spacial score (nSPS) is 18.6. The molecule has 1 aromatic rings. The Balaban J connectivity index is 1.91. The molecule has 1 saturated heterocycles. The molecule has 0 unspecified atom stereocenters. The third-order valence-electron chi connectivity index (χ3n) is 2.26. The van der Waals surface area contributed by atoms with Crippen molar-refractivity contribution in [2.75, 3.05) is 13.1 Å². The van der Waals surface area contributed by atoms with Crippen molar-refractivity contribution in [1.29, 1.82) is 0 Å². The largest absolute Gasteiger partial charge is 0.390 e. The summed E-state index contributed by atoms with van der Waals surface area (Å²) in [5.41, 5.74) is 1.09. The van der Waals surface area contributed by atoms with Crippen LogP contribution in [0.3, 0.4) is 0 Å². The lowest BCUT2D eigenvalue weighted by atomic mass is 10.1. The molecule has 0 bridgehead atoms. The van der Waals surface area contributed by atoms with Crippen molar-refractivity contribution in [3.05, 3.63) is 35.6 Å². The van der Waals surface area contributed by atoms with Crippen LogP contribution in [-0.4, -0.2) is 29.2 Å². The topological polar surface area (TPSA) is 23.5 Å². The van der Waals surface area contributed by atoms with Gasteiger partial charge in [-0.2, -0.15) is 0 Å². The summed E-state index contributed by atoms with van der Waals surface area (Å²) in [6.45, 7) is 2.27. The molecule has 70 valence electrons. The zero-order valence-corrected chi connectivity index (χ0v) is 7.28. The lowest BCUT2D eigenvalue weighted by Crippen LogP contribution is -2.49. The van der Waals surface area contributed by atoms with E-state index < -0.39 is 0 Å². The first-order valence-electron chi connectivity index (χ1n) is 4.39. The first-order chi connectivity index (χ1) is 6.24. The second-order valence-electron chi connectivity index (χ2n) is 3.47. The number of hydrogen-bond donors (Lipinski definition) is 1. The van der Waals surface area contributed by atoms with Crippen molar-refractivity contribution in [2.45, 2.75) is 12.6 Å². The predicted octanol–water partition coefficient (Wildman–Crippen LogP) is 1.00. The summed E-state index contributed by atoms with van der Waals surface area (Å²) in [7, 11) is 0. The van der Waals surface area contributed by atoms with E-state index in [4.69, 9.17) is 5.11 Å². The SMILES string of the molecule is OC1CN(Cc2ccc(F)cc2)C1. The molecular formula is C10H12FNO. The first-order valence-corrected chi connectivity index (χ1v) is 4.39. The van der Waals surface area contributed by atoms with Crippen LogP contribution in [-0.2, 0) is 6.54 Å². The number of likely N-dealkylation sites (tertiary alicyclic amines) is 1. The molecule has 1 aliphatic rings. The van der Waals surface area contributed by atoms with E-state index in [1.165, 1.54) is 12.1 Å². The Hall–Kier alpha value is -0.930. The van der Waals surface area contributed by atoms with Crippen LogP contribution in [0.5, 0.6) is 0 Å². The highest BCUT2D eigenvalue weighted by Crippen LogP contribution is 2.13. The van der Waals surface area contributed by atoms with Crippen molar-refractivity contribution in [3.8, 4) is 0 Å². The van der Waals surface area contributed by atoms with Crippen LogP contribution in [0.4, 0.5) is 4.39 Å². The van der Waals surface area contributed by atoms with Gasteiger partial charge < -0.3 is 5.11 Å². The molecule has 1 N–H and O–H groups in total. The molecule has 0 amide bonds. The van der Waals surface area contributed by atoms with E-state index in [0.29, 0.717) is 0 Å². The Kier molecular flexibility index (Phi) is 2.29. The summed E-state index contributed by atoms with van der Waals surface area (Å²) in [4.78, 5) is 2.12. The van der Waals surface area contributed by atoms with Gasteiger partial charge in [0.1, 0.15) is 5.82 Å². The van der Waals surface area contributed by atoms with E-state index in [1.807, 2.05) is 0 Å². The van der Waals surface area contributed by atoms with Gasteiger partial charge in [0.2, 0.25) is 0 Å². The van der Waals surface area contributed by atoms with E-state index in [0.717, 1.165) is 25.2 Å². The van der Waals surface area contributed by atoms with Crippen LogP contribution in [0.15, 0.2) is 24.3 Å². The standard InChI is InChI=1S/C10H12FNO/c11-9-3-1-8(2-4-9)5-12-6-10(13)7-12/h1-4,10,13H,5-7H2. The van der Waals surface area contributed by atoms with Gasteiger partial charge in [-0.1, -0.05) is 12.1 Å². The Morgan fingerprint density at radius 2 is 1.92 bits per heavy atom. The van der Waals surface area contributed by atoms with Crippen LogP contribution in [0, 0.1) is 5.82 Å². The van der Waals surface area contributed by atoms with Crippen LogP contribution in [0.25, 0.3) is 0 Å². The van der Waals surface area contributed by atoms with Gasteiger partial charge in [0, 0.05) is 19.6 Å². The zero-order valence-electron chi connectivity index (χ0n) is 7.28. The van der Waals surface area contributed by atoms with Gasteiger partial charge in [0.15, 0.2) is 0 Å². The van der Waals surface area contributed by atoms with E-state index in [-0.39, 0.29) is 11.9 Å². The number of β-amino-alcohol motifs (C(OH)–C–C–N with tert-alkyl or cyclic N) is 1. The molecule has 2 rings (SSSR count). The van der Waals surface area contributed by atoms with Crippen molar-refractivity contribution in [2.24, 2.45) is 0 Å². The third kappa shape index (κ3) is 2.05. The summed E-state index contributed by atoms with van der Waals surface area (Å²) in [5, 5.41) is 9.04. The molecule has 0 aliphatic carbocycles. The minimum absolute atomic E-state index is 0.166. The number of hydrogen-bond acceptors (Lipinski definition) is 2. The van der Waals surface area contributed by atoms with Gasteiger partial charge in [-0.25, -0.2) is 4.39 Å². The van der Waals surface area contributed by atoms with Crippen molar-refractivity contribution in [1.82, 2.24) is 4.90 Å². The third-order valence-corrected chi connectivity index (χ3v) is 2.26. The molecule has 1 heterocycles. The maximum absolute atomic E-state index is 12.5. The number of benzene rings is 1. The molecule has 1 aliphatic heterocycles. The maximum Gasteiger partial charge on any atom is 0.123 e. The van der Waals surface area contributed by atoms with Gasteiger partial charge in [-0.15, -0.1) is 0 Å². The molecule has 3 heteroatoms. The summed E-state index contributed by atoms with van der Waals surface area (Å²) in [6.07, 6.45) is -0.166. The summed E-state index contributed by atoms with van der Waals surface area (Å²) in [6, 6.07) is 6.48. The average molecular weight is 181 g/mol. The highest BCUT2D eigenvalue weighted by Gasteiger charge is 2.23. The molecule has 0 aromatic heterocycles. The number of aliphatic hydroxyl groups excluding tert-OH is 1. The second-order valence-corrected chi connectivity index (χ2v) is 3.47. The Labute approximate surface area is 76.6 Å².